The van der Waals surface area contributed by atoms with Crippen molar-refractivity contribution >= 4 is 23.1 Å². The Morgan fingerprint density at radius 1 is 1.47 bits per heavy atom. The Balaban J connectivity index is 2.25. The van der Waals surface area contributed by atoms with Gasteiger partial charge in [-0.25, -0.2) is 0 Å². The number of hydrogen-bond acceptors (Lipinski definition) is 2. The number of carbonyl (C=O) groups is 1. The van der Waals surface area contributed by atoms with Gasteiger partial charge in [0.2, 0.25) is 5.91 Å². The van der Waals surface area contributed by atoms with Gasteiger partial charge in [0.15, 0.2) is 0 Å². The van der Waals surface area contributed by atoms with E-state index in [-0.39, 0.29) is 11.8 Å². The Kier molecular flexibility index (Phi) is 5.02. The number of nitrogens with one attached hydrogen (secondary N) is 1. The minimum absolute atomic E-state index is 0.00332. The van der Waals surface area contributed by atoms with Gasteiger partial charge in [-0.15, -0.1) is 0 Å². The predicted molar refractivity (Wildman–Crippen MR) is 65.6 cm³/mol. The van der Waals surface area contributed by atoms with Gasteiger partial charge in [0, 0.05) is 18.4 Å². The average Bonchev–Trinajstić information content (AvgIpc) is 2.18. The fourth-order valence-electron chi connectivity index (χ4n) is 1.91. The highest BCUT2D eigenvalue weighted by Gasteiger charge is 2.17. The zero-order chi connectivity index (χ0) is 11.3. The molecule has 86 valence electrons. The molecule has 1 atom stereocenters. The van der Waals surface area contributed by atoms with Crippen molar-refractivity contribution in [2.24, 2.45) is 11.7 Å². The van der Waals surface area contributed by atoms with E-state index < -0.39 is 0 Å². The van der Waals surface area contributed by atoms with Gasteiger partial charge in [-0.3, -0.25) is 4.79 Å². The Morgan fingerprint density at radius 2 is 2.07 bits per heavy atom. The van der Waals surface area contributed by atoms with E-state index in [4.69, 9.17) is 18.0 Å². The summed E-state index contributed by atoms with van der Waals surface area (Å²) in [6, 6.07) is 0.379. The largest absolute Gasteiger partial charge is 0.393 e. The topological polar surface area (TPSA) is 55.1 Å². The minimum Gasteiger partial charge on any atom is -0.393 e. The second-order valence-electron chi connectivity index (χ2n) is 4.41. The third kappa shape index (κ3) is 4.60. The maximum absolute atomic E-state index is 11.6. The van der Waals surface area contributed by atoms with Gasteiger partial charge >= 0.3 is 0 Å². The lowest BCUT2D eigenvalue weighted by Gasteiger charge is -2.23. The van der Waals surface area contributed by atoms with Crippen LogP contribution in [0.4, 0.5) is 0 Å². The fourth-order valence-corrected chi connectivity index (χ4v) is 2.00. The fraction of sp³-hybridized carbons (Fsp3) is 0.818. The van der Waals surface area contributed by atoms with Crippen molar-refractivity contribution in [1.82, 2.24) is 5.32 Å². The lowest BCUT2D eigenvalue weighted by Crippen LogP contribution is -2.38. The zero-order valence-electron chi connectivity index (χ0n) is 9.29. The molecule has 1 rings (SSSR count). The molecule has 0 radical (unpaired) electrons. The van der Waals surface area contributed by atoms with Crippen LogP contribution in [-0.4, -0.2) is 16.9 Å². The van der Waals surface area contributed by atoms with Crippen LogP contribution < -0.4 is 11.1 Å². The molecule has 1 aliphatic carbocycles. The van der Waals surface area contributed by atoms with Crippen molar-refractivity contribution in [3.05, 3.63) is 0 Å². The summed E-state index contributed by atoms with van der Waals surface area (Å²) in [7, 11) is 0. The third-order valence-electron chi connectivity index (χ3n) is 2.95. The monoisotopic (exact) mass is 228 g/mol. The van der Waals surface area contributed by atoms with Gasteiger partial charge < -0.3 is 11.1 Å². The zero-order valence-corrected chi connectivity index (χ0v) is 10.1. The summed E-state index contributed by atoms with van der Waals surface area (Å²) in [4.78, 5) is 12.0. The first-order valence-electron chi connectivity index (χ1n) is 5.68. The molecule has 0 aromatic carbocycles. The van der Waals surface area contributed by atoms with Crippen LogP contribution >= 0.6 is 12.2 Å². The van der Waals surface area contributed by atoms with Crippen molar-refractivity contribution in [3.63, 3.8) is 0 Å². The third-order valence-corrected chi connectivity index (χ3v) is 3.35. The molecular weight excluding hydrogens is 208 g/mol. The summed E-state index contributed by atoms with van der Waals surface area (Å²) in [5.74, 6) is 0.0887. The standard InChI is InChI=1S/C11H20N2OS/c1-8(11(12)15)7-10(14)13-9-5-3-2-4-6-9/h8-9H,2-7H2,1H3,(H2,12,15)(H,13,14). The lowest BCUT2D eigenvalue weighted by molar-refractivity contribution is -0.122. The Bertz CT molecular complexity index is 237. The van der Waals surface area contributed by atoms with Crippen LogP contribution in [0.1, 0.15) is 45.4 Å². The summed E-state index contributed by atoms with van der Waals surface area (Å²) >= 11 is 4.84. The number of thiocarbonyl (C=S) groups is 1. The van der Waals surface area contributed by atoms with Crippen molar-refractivity contribution in [2.75, 3.05) is 0 Å². The Morgan fingerprint density at radius 3 is 2.60 bits per heavy atom. The normalized spacial score (nSPS) is 19.5. The SMILES string of the molecule is CC(CC(=O)NC1CCCCC1)C(N)=S. The molecule has 1 amide bonds. The van der Waals surface area contributed by atoms with Crippen LogP contribution in [0.25, 0.3) is 0 Å². The summed E-state index contributed by atoms with van der Waals surface area (Å²) in [5, 5.41) is 3.05. The molecule has 1 aliphatic rings. The summed E-state index contributed by atoms with van der Waals surface area (Å²) in [5.41, 5.74) is 5.47. The molecule has 0 heterocycles. The van der Waals surface area contributed by atoms with E-state index in [1.54, 1.807) is 0 Å². The summed E-state index contributed by atoms with van der Waals surface area (Å²) < 4.78 is 0. The molecule has 1 fully saturated rings. The number of hydrogen-bond donors (Lipinski definition) is 2. The van der Waals surface area contributed by atoms with E-state index in [1.807, 2.05) is 6.92 Å². The van der Waals surface area contributed by atoms with Crippen LogP contribution in [0.5, 0.6) is 0 Å². The van der Waals surface area contributed by atoms with Gasteiger partial charge in [-0.2, -0.15) is 0 Å². The van der Waals surface area contributed by atoms with Gasteiger partial charge in [0.05, 0.1) is 4.99 Å². The molecule has 0 bridgehead atoms. The number of amides is 1. The number of nitrogens with two attached hydrogens (primary N) is 1. The predicted octanol–water partition coefficient (Wildman–Crippen LogP) is 1.75. The highest BCUT2D eigenvalue weighted by molar-refractivity contribution is 7.80. The van der Waals surface area contributed by atoms with Crippen molar-refractivity contribution in [2.45, 2.75) is 51.5 Å². The van der Waals surface area contributed by atoms with Crippen LogP contribution in [0.2, 0.25) is 0 Å². The highest BCUT2D eigenvalue weighted by atomic mass is 32.1. The van der Waals surface area contributed by atoms with E-state index >= 15 is 0 Å². The molecule has 0 aliphatic heterocycles. The number of rotatable bonds is 4. The van der Waals surface area contributed by atoms with Crippen LogP contribution in [0.3, 0.4) is 0 Å². The Labute approximate surface area is 96.8 Å². The number of carbonyl (C=O) groups excluding carboxylic acids is 1. The maximum Gasteiger partial charge on any atom is 0.220 e. The van der Waals surface area contributed by atoms with Crippen molar-refractivity contribution in [1.29, 1.82) is 0 Å². The van der Waals surface area contributed by atoms with Crippen LogP contribution in [0.15, 0.2) is 0 Å². The van der Waals surface area contributed by atoms with E-state index in [9.17, 15) is 4.79 Å². The summed E-state index contributed by atoms with van der Waals surface area (Å²) in [6.07, 6.45) is 6.42. The maximum atomic E-state index is 11.6. The quantitative estimate of drug-likeness (QED) is 0.721. The smallest absolute Gasteiger partial charge is 0.220 e. The molecule has 0 spiro atoms. The Hall–Kier alpha value is -0.640. The first-order chi connectivity index (χ1) is 7.09. The molecule has 0 saturated heterocycles. The van der Waals surface area contributed by atoms with Crippen LogP contribution in [-0.2, 0) is 4.79 Å². The van der Waals surface area contributed by atoms with E-state index in [0.717, 1.165) is 12.8 Å². The second kappa shape index (κ2) is 6.05. The van der Waals surface area contributed by atoms with E-state index in [1.165, 1.54) is 19.3 Å². The second-order valence-corrected chi connectivity index (χ2v) is 4.88. The molecular formula is C11H20N2OS. The molecule has 3 N–H and O–H groups in total. The molecule has 3 nitrogen and oxygen atoms in total. The van der Waals surface area contributed by atoms with E-state index in [0.29, 0.717) is 17.5 Å². The average molecular weight is 228 g/mol. The molecule has 0 aromatic rings. The van der Waals surface area contributed by atoms with Gasteiger partial charge in [-0.05, 0) is 12.8 Å². The van der Waals surface area contributed by atoms with Crippen molar-refractivity contribution < 1.29 is 4.79 Å². The molecule has 4 heteroatoms. The molecule has 1 unspecified atom stereocenters. The van der Waals surface area contributed by atoms with Crippen LogP contribution in [0, 0.1) is 5.92 Å². The molecule has 0 aromatic heterocycles. The van der Waals surface area contributed by atoms with E-state index in [2.05, 4.69) is 5.32 Å². The first kappa shape index (κ1) is 12.4. The highest BCUT2D eigenvalue weighted by Crippen LogP contribution is 2.17. The summed E-state index contributed by atoms with van der Waals surface area (Å²) in [6.45, 7) is 1.89. The van der Waals surface area contributed by atoms with Gasteiger partial charge in [0.1, 0.15) is 0 Å². The van der Waals surface area contributed by atoms with Gasteiger partial charge in [0.25, 0.3) is 0 Å². The van der Waals surface area contributed by atoms with Crippen molar-refractivity contribution in [3.8, 4) is 0 Å². The van der Waals surface area contributed by atoms with Gasteiger partial charge in [-0.1, -0.05) is 38.4 Å². The first-order valence-corrected chi connectivity index (χ1v) is 6.09. The minimum atomic E-state index is 0.00332. The lowest BCUT2D eigenvalue weighted by atomic mass is 9.95. The molecule has 1 saturated carbocycles. The molecule has 15 heavy (non-hydrogen) atoms.